The lowest BCUT2D eigenvalue weighted by molar-refractivity contribution is -0.142. The molecule has 1 saturated heterocycles. The SMILES string of the molecule is Cc1cc(O)ccc1C(=O)N1CC(C)C(C(=O)O)C1. The number of benzene rings is 1. The molecular weight excluding hydrogens is 246 g/mol. The first-order valence-corrected chi connectivity index (χ1v) is 6.22. The number of carboxylic acid groups (broad SMARTS) is 1. The number of aliphatic carboxylic acids is 1. The first-order chi connectivity index (χ1) is 8.90. The molecule has 1 heterocycles. The predicted octanol–water partition coefficient (Wildman–Crippen LogP) is 1.49. The minimum Gasteiger partial charge on any atom is -0.508 e. The van der Waals surface area contributed by atoms with Crippen LogP contribution < -0.4 is 0 Å². The van der Waals surface area contributed by atoms with Gasteiger partial charge in [0.15, 0.2) is 0 Å². The second kappa shape index (κ2) is 4.91. The van der Waals surface area contributed by atoms with Crippen LogP contribution in [0.3, 0.4) is 0 Å². The van der Waals surface area contributed by atoms with E-state index in [1.807, 2.05) is 6.92 Å². The summed E-state index contributed by atoms with van der Waals surface area (Å²) in [4.78, 5) is 25.0. The fourth-order valence-electron chi connectivity index (χ4n) is 2.51. The van der Waals surface area contributed by atoms with Crippen LogP contribution in [0.15, 0.2) is 18.2 Å². The maximum absolute atomic E-state index is 12.3. The van der Waals surface area contributed by atoms with Crippen LogP contribution in [0, 0.1) is 18.8 Å². The number of carbonyl (C=O) groups excluding carboxylic acids is 1. The molecule has 1 amide bonds. The molecule has 0 saturated carbocycles. The molecule has 0 aromatic heterocycles. The summed E-state index contributed by atoms with van der Waals surface area (Å²) in [6.45, 7) is 4.29. The van der Waals surface area contributed by atoms with Crippen LogP contribution in [0.1, 0.15) is 22.8 Å². The smallest absolute Gasteiger partial charge is 0.308 e. The number of aryl methyl sites for hydroxylation is 1. The molecule has 0 aliphatic carbocycles. The summed E-state index contributed by atoms with van der Waals surface area (Å²) < 4.78 is 0. The standard InChI is InChI=1S/C14H17NO4/c1-8-5-10(16)3-4-11(8)13(17)15-6-9(2)12(7-15)14(18)19/h3-5,9,12,16H,6-7H2,1-2H3,(H,18,19). The molecule has 1 fully saturated rings. The van der Waals surface area contributed by atoms with E-state index < -0.39 is 11.9 Å². The zero-order valence-corrected chi connectivity index (χ0v) is 11.0. The highest BCUT2D eigenvalue weighted by Gasteiger charge is 2.37. The first kappa shape index (κ1) is 13.4. The Balaban J connectivity index is 2.19. The molecule has 102 valence electrons. The second-order valence-electron chi connectivity index (χ2n) is 5.13. The molecular formula is C14H17NO4. The number of hydrogen-bond acceptors (Lipinski definition) is 3. The average Bonchev–Trinajstić information content (AvgIpc) is 2.70. The third kappa shape index (κ3) is 2.54. The summed E-state index contributed by atoms with van der Waals surface area (Å²) in [6.07, 6.45) is 0. The van der Waals surface area contributed by atoms with Crippen molar-refractivity contribution in [2.24, 2.45) is 11.8 Å². The van der Waals surface area contributed by atoms with Gasteiger partial charge in [-0.3, -0.25) is 9.59 Å². The lowest BCUT2D eigenvalue weighted by atomic mass is 9.99. The summed E-state index contributed by atoms with van der Waals surface area (Å²) >= 11 is 0. The minimum absolute atomic E-state index is 0.0427. The van der Waals surface area contributed by atoms with Crippen molar-refractivity contribution in [3.05, 3.63) is 29.3 Å². The Bertz CT molecular complexity index is 526. The Morgan fingerprint density at radius 1 is 1.32 bits per heavy atom. The fourth-order valence-corrected chi connectivity index (χ4v) is 2.51. The van der Waals surface area contributed by atoms with E-state index in [1.165, 1.54) is 12.1 Å². The van der Waals surface area contributed by atoms with Crippen LogP contribution in [-0.2, 0) is 4.79 Å². The number of amides is 1. The van der Waals surface area contributed by atoms with Crippen LogP contribution >= 0.6 is 0 Å². The summed E-state index contributed by atoms with van der Waals surface area (Å²) in [7, 11) is 0. The van der Waals surface area contributed by atoms with Gasteiger partial charge in [0.1, 0.15) is 5.75 Å². The molecule has 2 atom stereocenters. The van der Waals surface area contributed by atoms with Gasteiger partial charge >= 0.3 is 5.97 Å². The van der Waals surface area contributed by atoms with E-state index in [4.69, 9.17) is 5.11 Å². The molecule has 5 nitrogen and oxygen atoms in total. The Labute approximate surface area is 111 Å². The largest absolute Gasteiger partial charge is 0.508 e. The summed E-state index contributed by atoms with van der Waals surface area (Å²) in [6, 6.07) is 4.57. The van der Waals surface area contributed by atoms with Crippen molar-refractivity contribution < 1.29 is 19.8 Å². The number of carbonyl (C=O) groups is 2. The zero-order valence-electron chi connectivity index (χ0n) is 11.0. The summed E-state index contributed by atoms with van der Waals surface area (Å²) in [5.74, 6) is -1.45. The predicted molar refractivity (Wildman–Crippen MR) is 69.0 cm³/mol. The first-order valence-electron chi connectivity index (χ1n) is 6.22. The molecule has 1 aromatic carbocycles. The number of carboxylic acids is 1. The van der Waals surface area contributed by atoms with Gasteiger partial charge in [-0.25, -0.2) is 0 Å². The number of aromatic hydroxyl groups is 1. The number of nitrogens with zero attached hydrogens (tertiary/aromatic N) is 1. The number of likely N-dealkylation sites (tertiary alicyclic amines) is 1. The summed E-state index contributed by atoms with van der Waals surface area (Å²) in [5.41, 5.74) is 1.20. The van der Waals surface area contributed by atoms with Gasteiger partial charge in [0.05, 0.1) is 5.92 Å². The third-order valence-corrected chi connectivity index (χ3v) is 3.66. The molecule has 2 N–H and O–H groups in total. The van der Waals surface area contributed by atoms with Gasteiger partial charge in [0, 0.05) is 18.7 Å². The molecule has 0 radical (unpaired) electrons. The molecule has 5 heteroatoms. The average molecular weight is 263 g/mol. The normalized spacial score (nSPS) is 22.5. The highest BCUT2D eigenvalue weighted by Crippen LogP contribution is 2.26. The molecule has 2 unspecified atom stereocenters. The topological polar surface area (TPSA) is 77.8 Å². The lowest BCUT2D eigenvalue weighted by Gasteiger charge is -2.17. The van der Waals surface area contributed by atoms with Crippen molar-refractivity contribution >= 4 is 11.9 Å². The van der Waals surface area contributed by atoms with Crippen molar-refractivity contribution in [2.75, 3.05) is 13.1 Å². The zero-order chi connectivity index (χ0) is 14.2. The molecule has 1 aromatic rings. The molecule has 1 aliphatic heterocycles. The quantitative estimate of drug-likeness (QED) is 0.847. The van der Waals surface area contributed by atoms with Gasteiger partial charge in [-0.1, -0.05) is 6.92 Å². The Morgan fingerprint density at radius 3 is 2.53 bits per heavy atom. The Morgan fingerprint density at radius 2 is 2.00 bits per heavy atom. The van der Waals surface area contributed by atoms with E-state index in [9.17, 15) is 14.7 Å². The van der Waals surface area contributed by atoms with Crippen LogP contribution in [0.2, 0.25) is 0 Å². The van der Waals surface area contributed by atoms with Crippen molar-refractivity contribution in [1.82, 2.24) is 4.90 Å². The van der Waals surface area contributed by atoms with E-state index in [-0.39, 0.29) is 24.1 Å². The van der Waals surface area contributed by atoms with Gasteiger partial charge in [-0.05, 0) is 36.6 Å². The van der Waals surface area contributed by atoms with E-state index in [1.54, 1.807) is 17.9 Å². The molecule has 1 aliphatic rings. The second-order valence-corrected chi connectivity index (χ2v) is 5.13. The Hall–Kier alpha value is -2.04. The Kier molecular flexibility index (Phi) is 3.46. The highest BCUT2D eigenvalue weighted by atomic mass is 16.4. The van der Waals surface area contributed by atoms with Crippen molar-refractivity contribution in [1.29, 1.82) is 0 Å². The van der Waals surface area contributed by atoms with Crippen molar-refractivity contribution in [3.63, 3.8) is 0 Å². The van der Waals surface area contributed by atoms with E-state index in [2.05, 4.69) is 0 Å². The van der Waals surface area contributed by atoms with Crippen LogP contribution in [0.25, 0.3) is 0 Å². The maximum Gasteiger partial charge on any atom is 0.308 e. The van der Waals surface area contributed by atoms with Crippen molar-refractivity contribution in [2.45, 2.75) is 13.8 Å². The highest BCUT2D eigenvalue weighted by molar-refractivity contribution is 5.96. The van der Waals surface area contributed by atoms with Gasteiger partial charge in [0.25, 0.3) is 5.91 Å². The minimum atomic E-state index is -0.856. The number of phenolic OH excluding ortho intramolecular Hbond substituents is 1. The summed E-state index contributed by atoms with van der Waals surface area (Å²) in [5, 5.41) is 18.4. The van der Waals surface area contributed by atoms with Gasteiger partial charge in [0.2, 0.25) is 0 Å². The molecule has 19 heavy (non-hydrogen) atoms. The molecule has 2 rings (SSSR count). The maximum atomic E-state index is 12.3. The third-order valence-electron chi connectivity index (χ3n) is 3.66. The van der Waals surface area contributed by atoms with Gasteiger partial charge in [-0.2, -0.15) is 0 Å². The number of phenols is 1. The van der Waals surface area contributed by atoms with E-state index in [0.29, 0.717) is 17.7 Å². The molecule has 0 spiro atoms. The van der Waals surface area contributed by atoms with Crippen LogP contribution in [0.5, 0.6) is 5.75 Å². The lowest BCUT2D eigenvalue weighted by Crippen LogP contribution is -2.30. The number of rotatable bonds is 2. The van der Waals surface area contributed by atoms with Crippen molar-refractivity contribution in [3.8, 4) is 5.75 Å². The monoisotopic (exact) mass is 263 g/mol. The van der Waals surface area contributed by atoms with Gasteiger partial charge in [-0.15, -0.1) is 0 Å². The van der Waals surface area contributed by atoms with E-state index >= 15 is 0 Å². The van der Waals surface area contributed by atoms with E-state index in [0.717, 1.165) is 0 Å². The molecule has 0 bridgehead atoms. The van der Waals surface area contributed by atoms with Crippen LogP contribution in [-0.4, -0.2) is 40.1 Å². The van der Waals surface area contributed by atoms with Crippen LogP contribution in [0.4, 0.5) is 0 Å². The fraction of sp³-hybridized carbons (Fsp3) is 0.429. The van der Waals surface area contributed by atoms with Gasteiger partial charge < -0.3 is 15.1 Å². The number of hydrogen-bond donors (Lipinski definition) is 2.